The largest absolute Gasteiger partial charge is 0.462 e. The Morgan fingerprint density at radius 2 is 1.85 bits per heavy atom. The Balaban J connectivity index is 1.87. The molecule has 0 atom stereocenters. The van der Waals surface area contributed by atoms with Crippen LogP contribution in [0.1, 0.15) is 15.9 Å². The molecule has 0 radical (unpaired) electrons. The van der Waals surface area contributed by atoms with Gasteiger partial charge in [0, 0.05) is 16.3 Å². The lowest BCUT2D eigenvalue weighted by Crippen LogP contribution is -2.08. The summed E-state index contributed by atoms with van der Waals surface area (Å²) in [5.74, 6) is -0.301. The quantitative estimate of drug-likeness (QED) is 0.602. The van der Waals surface area contributed by atoms with Crippen LogP contribution in [0, 0.1) is 0 Å². The molecule has 4 heteroatoms. The topological polar surface area (TPSA) is 26.3 Å². The highest BCUT2D eigenvalue weighted by molar-refractivity contribution is 7.98. The van der Waals surface area contributed by atoms with Crippen molar-refractivity contribution in [3.63, 3.8) is 0 Å². The van der Waals surface area contributed by atoms with E-state index in [1.54, 1.807) is 23.9 Å². The minimum atomic E-state index is -0.301. The summed E-state index contributed by atoms with van der Waals surface area (Å²) in [4.78, 5) is 13.0. The maximum absolute atomic E-state index is 11.9. The summed E-state index contributed by atoms with van der Waals surface area (Å²) in [6.45, 7) is 0.326. The number of carbonyl (C=O) groups excluding carboxylic acids is 1. The van der Waals surface area contributed by atoms with E-state index in [2.05, 4.69) is 0 Å². The fraction of sp³-hybridized carbons (Fsp3) is 0.188. The molecule has 0 aliphatic carbocycles. The maximum atomic E-state index is 11.9. The molecule has 0 aliphatic heterocycles. The van der Waals surface area contributed by atoms with Gasteiger partial charge in [0.15, 0.2) is 0 Å². The smallest absolute Gasteiger partial charge is 0.338 e. The van der Waals surface area contributed by atoms with Gasteiger partial charge < -0.3 is 4.74 Å². The Kier molecular flexibility index (Phi) is 5.50. The van der Waals surface area contributed by atoms with Gasteiger partial charge in [-0.3, -0.25) is 0 Å². The van der Waals surface area contributed by atoms with Crippen LogP contribution in [0.3, 0.4) is 0 Å². The molecule has 104 valence electrons. The highest BCUT2D eigenvalue weighted by atomic mass is 35.5. The van der Waals surface area contributed by atoms with Crippen LogP contribution in [0.15, 0.2) is 53.4 Å². The van der Waals surface area contributed by atoms with Gasteiger partial charge in [-0.05, 0) is 42.2 Å². The van der Waals surface area contributed by atoms with E-state index in [9.17, 15) is 4.79 Å². The third-order valence-electron chi connectivity index (χ3n) is 2.89. The molecule has 0 aromatic heterocycles. The van der Waals surface area contributed by atoms with Crippen LogP contribution in [0.5, 0.6) is 0 Å². The molecule has 0 aliphatic rings. The third kappa shape index (κ3) is 4.02. The van der Waals surface area contributed by atoms with Crippen LogP contribution in [-0.2, 0) is 11.2 Å². The number of carbonyl (C=O) groups is 1. The van der Waals surface area contributed by atoms with Crippen LogP contribution >= 0.6 is 23.4 Å². The fourth-order valence-electron chi connectivity index (χ4n) is 1.77. The Bertz CT molecular complexity index is 581. The highest BCUT2D eigenvalue weighted by Gasteiger charge is 2.07. The van der Waals surface area contributed by atoms with E-state index in [0.717, 1.165) is 10.5 Å². The molecule has 0 saturated carbocycles. The number of thioether (sulfide) groups is 1. The number of hydrogen-bond donors (Lipinski definition) is 0. The summed E-state index contributed by atoms with van der Waals surface area (Å²) < 4.78 is 5.26. The monoisotopic (exact) mass is 306 g/mol. The summed E-state index contributed by atoms with van der Waals surface area (Å²) in [6.07, 6.45) is 2.62. The van der Waals surface area contributed by atoms with Gasteiger partial charge in [0.05, 0.1) is 12.2 Å². The van der Waals surface area contributed by atoms with Crippen LogP contribution in [0.25, 0.3) is 0 Å². The number of ether oxygens (including phenoxy) is 1. The van der Waals surface area contributed by atoms with Crippen molar-refractivity contribution >= 4 is 29.3 Å². The molecular formula is C16H15ClO2S. The Hall–Kier alpha value is -1.45. The molecule has 2 aromatic carbocycles. The van der Waals surface area contributed by atoms with Crippen LogP contribution in [0.4, 0.5) is 0 Å². The van der Waals surface area contributed by atoms with Crippen molar-refractivity contribution in [2.75, 3.05) is 12.9 Å². The molecule has 2 nitrogen and oxygen atoms in total. The van der Waals surface area contributed by atoms with Crippen molar-refractivity contribution in [2.45, 2.75) is 11.3 Å². The maximum Gasteiger partial charge on any atom is 0.338 e. The van der Waals surface area contributed by atoms with Gasteiger partial charge in [-0.2, -0.15) is 0 Å². The second-order valence-corrected chi connectivity index (χ2v) is 5.49. The molecule has 2 aromatic rings. The molecule has 0 bridgehead atoms. The molecule has 20 heavy (non-hydrogen) atoms. The Labute approximate surface area is 128 Å². The minimum Gasteiger partial charge on any atom is -0.462 e. The predicted octanol–water partition coefficient (Wildman–Crippen LogP) is 4.46. The standard InChI is InChI=1S/C16H15ClO2S/c1-20-14-8-6-13(7-9-14)16(18)19-11-10-12-4-2-3-5-15(12)17/h2-9H,10-11H2,1H3. The van der Waals surface area contributed by atoms with Crippen LogP contribution in [0.2, 0.25) is 5.02 Å². The van der Waals surface area contributed by atoms with Gasteiger partial charge in [0.25, 0.3) is 0 Å². The lowest BCUT2D eigenvalue weighted by molar-refractivity contribution is 0.0509. The van der Waals surface area contributed by atoms with Crippen molar-refractivity contribution in [3.8, 4) is 0 Å². The summed E-state index contributed by atoms with van der Waals surface area (Å²) in [5.41, 5.74) is 1.56. The first-order valence-electron chi connectivity index (χ1n) is 6.25. The molecule has 0 spiro atoms. The summed E-state index contributed by atoms with van der Waals surface area (Å²) in [5, 5.41) is 0.702. The van der Waals surface area contributed by atoms with Crippen molar-refractivity contribution in [1.82, 2.24) is 0 Å². The molecule has 0 unspecified atom stereocenters. The molecule has 2 rings (SSSR count). The Morgan fingerprint density at radius 3 is 2.50 bits per heavy atom. The van der Waals surface area contributed by atoms with E-state index in [1.165, 1.54) is 0 Å². The lowest BCUT2D eigenvalue weighted by atomic mass is 10.1. The average molecular weight is 307 g/mol. The fourth-order valence-corrected chi connectivity index (χ4v) is 2.40. The number of rotatable bonds is 5. The van der Waals surface area contributed by atoms with Gasteiger partial charge in [0.2, 0.25) is 0 Å². The van der Waals surface area contributed by atoms with E-state index in [-0.39, 0.29) is 5.97 Å². The minimum absolute atomic E-state index is 0.301. The van der Waals surface area contributed by atoms with E-state index in [1.807, 2.05) is 42.7 Å². The first-order valence-corrected chi connectivity index (χ1v) is 7.85. The van der Waals surface area contributed by atoms with E-state index in [0.29, 0.717) is 23.6 Å². The first-order chi connectivity index (χ1) is 9.70. The number of benzene rings is 2. The van der Waals surface area contributed by atoms with E-state index < -0.39 is 0 Å². The Morgan fingerprint density at radius 1 is 1.15 bits per heavy atom. The van der Waals surface area contributed by atoms with Crippen LogP contribution < -0.4 is 0 Å². The van der Waals surface area contributed by atoms with Crippen molar-refractivity contribution in [3.05, 3.63) is 64.7 Å². The SMILES string of the molecule is CSc1ccc(C(=O)OCCc2ccccc2Cl)cc1. The van der Waals surface area contributed by atoms with Gasteiger partial charge in [-0.15, -0.1) is 11.8 Å². The van der Waals surface area contributed by atoms with Gasteiger partial charge in [-0.1, -0.05) is 29.8 Å². The van der Waals surface area contributed by atoms with Gasteiger partial charge >= 0.3 is 5.97 Å². The first kappa shape index (κ1) is 14.9. The average Bonchev–Trinajstić information content (AvgIpc) is 2.49. The van der Waals surface area contributed by atoms with Gasteiger partial charge in [0.1, 0.15) is 0 Å². The third-order valence-corrected chi connectivity index (χ3v) is 4.00. The van der Waals surface area contributed by atoms with Crippen molar-refractivity contribution < 1.29 is 9.53 Å². The van der Waals surface area contributed by atoms with Crippen molar-refractivity contribution in [1.29, 1.82) is 0 Å². The van der Waals surface area contributed by atoms with Gasteiger partial charge in [-0.25, -0.2) is 4.79 Å². The second-order valence-electron chi connectivity index (χ2n) is 4.21. The molecule has 0 saturated heterocycles. The summed E-state index contributed by atoms with van der Waals surface area (Å²) in [7, 11) is 0. The normalized spacial score (nSPS) is 10.3. The van der Waals surface area contributed by atoms with Crippen LogP contribution in [-0.4, -0.2) is 18.8 Å². The zero-order chi connectivity index (χ0) is 14.4. The lowest BCUT2D eigenvalue weighted by Gasteiger charge is -2.06. The molecule has 0 amide bonds. The number of hydrogen-bond acceptors (Lipinski definition) is 3. The zero-order valence-electron chi connectivity index (χ0n) is 11.1. The number of halogens is 1. The highest BCUT2D eigenvalue weighted by Crippen LogP contribution is 2.17. The van der Waals surface area contributed by atoms with Crippen molar-refractivity contribution in [2.24, 2.45) is 0 Å². The summed E-state index contributed by atoms with van der Waals surface area (Å²) in [6, 6.07) is 15.0. The molecule has 0 N–H and O–H groups in total. The predicted molar refractivity (Wildman–Crippen MR) is 83.7 cm³/mol. The van der Waals surface area contributed by atoms with E-state index >= 15 is 0 Å². The second kappa shape index (κ2) is 7.36. The molecular weight excluding hydrogens is 292 g/mol. The molecule has 0 heterocycles. The van der Waals surface area contributed by atoms with E-state index in [4.69, 9.17) is 16.3 Å². The summed E-state index contributed by atoms with van der Waals surface area (Å²) >= 11 is 7.69. The molecule has 0 fully saturated rings. The zero-order valence-corrected chi connectivity index (χ0v) is 12.7. The number of esters is 1.